The van der Waals surface area contributed by atoms with E-state index in [1.807, 2.05) is 13.8 Å². The van der Waals surface area contributed by atoms with Crippen LogP contribution in [0.5, 0.6) is 0 Å². The number of carbonyl (C=O) groups is 1. The van der Waals surface area contributed by atoms with Crippen molar-refractivity contribution in [1.82, 2.24) is 15.2 Å². The molecule has 0 aliphatic rings. The maximum atomic E-state index is 11.0. The molecule has 1 aromatic rings. The molecule has 1 aromatic heterocycles. The molecule has 0 bridgehead atoms. The number of aromatic amines is 1. The summed E-state index contributed by atoms with van der Waals surface area (Å²) >= 11 is 0. The van der Waals surface area contributed by atoms with Gasteiger partial charge in [0.15, 0.2) is 0 Å². The lowest BCUT2D eigenvalue weighted by Crippen LogP contribution is -2.09. The zero-order valence-electron chi connectivity index (χ0n) is 12.2. The summed E-state index contributed by atoms with van der Waals surface area (Å²) in [5, 5.41) is 12.1. The molecular formula is C12H25N5O. The molecule has 6 nitrogen and oxygen atoms in total. The van der Waals surface area contributed by atoms with Crippen molar-refractivity contribution in [3.05, 3.63) is 0 Å². The Morgan fingerprint density at radius 3 is 2.06 bits per heavy atom. The highest BCUT2D eigenvalue weighted by Crippen LogP contribution is 2.06. The Morgan fingerprint density at radius 1 is 1.22 bits per heavy atom. The van der Waals surface area contributed by atoms with Gasteiger partial charge < -0.3 is 10.6 Å². The van der Waals surface area contributed by atoms with Crippen LogP contribution in [0.1, 0.15) is 34.1 Å². The van der Waals surface area contributed by atoms with Crippen LogP contribution in [0.4, 0.5) is 11.9 Å². The number of aromatic nitrogens is 3. The van der Waals surface area contributed by atoms with Gasteiger partial charge in [-0.3, -0.25) is 4.79 Å². The summed E-state index contributed by atoms with van der Waals surface area (Å²) in [5.41, 5.74) is 0. The van der Waals surface area contributed by atoms with Gasteiger partial charge in [-0.1, -0.05) is 27.7 Å². The molecular weight excluding hydrogens is 230 g/mol. The van der Waals surface area contributed by atoms with Crippen molar-refractivity contribution in [3.63, 3.8) is 0 Å². The number of carbonyl (C=O) groups excluding carboxylic acids is 1. The third kappa shape index (κ3) is 6.88. The van der Waals surface area contributed by atoms with Crippen LogP contribution in [0.15, 0.2) is 0 Å². The van der Waals surface area contributed by atoms with E-state index in [1.54, 1.807) is 14.1 Å². The summed E-state index contributed by atoms with van der Waals surface area (Å²) in [6.07, 6.45) is 0.734. The van der Waals surface area contributed by atoms with E-state index in [4.69, 9.17) is 0 Å². The smallest absolute Gasteiger partial charge is 0.243 e. The molecule has 0 aliphatic heterocycles. The van der Waals surface area contributed by atoms with Gasteiger partial charge in [0.2, 0.25) is 11.9 Å². The van der Waals surface area contributed by atoms with Crippen LogP contribution in [0.25, 0.3) is 0 Å². The van der Waals surface area contributed by atoms with E-state index >= 15 is 0 Å². The monoisotopic (exact) mass is 255 g/mol. The first kappa shape index (κ1) is 16.4. The van der Waals surface area contributed by atoms with E-state index in [0.717, 1.165) is 6.42 Å². The van der Waals surface area contributed by atoms with Crippen LogP contribution in [-0.4, -0.2) is 35.1 Å². The minimum atomic E-state index is 0.215. The molecule has 0 saturated heterocycles. The third-order valence-electron chi connectivity index (χ3n) is 2.20. The summed E-state index contributed by atoms with van der Waals surface area (Å²) in [6, 6.07) is 0. The van der Waals surface area contributed by atoms with Gasteiger partial charge in [0.1, 0.15) is 5.78 Å². The van der Waals surface area contributed by atoms with Gasteiger partial charge in [0, 0.05) is 26.4 Å². The predicted octanol–water partition coefficient (Wildman–Crippen LogP) is 2.15. The van der Waals surface area contributed by atoms with Gasteiger partial charge in [-0.15, -0.1) is 5.10 Å². The molecule has 104 valence electrons. The standard InChI is InChI=1S/C8H16O.C4H9N5/c1-6(2)5-8(9)7(3)4;1-5-3-7-4(6-2)9-8-3/h6-7H,5H2,1-4H3;1-2H3,(H3,5,6,7,8,9). The first-order valence-corrected chi connectivity index (χ1v) is 6.21. The van der Waals surface area contributed by atoms with Gasteiger partial charge in [-0.25, -0.2) is 5.10 Å². The average molecular weight is 255 g/mol. The maximum absolute atomic E-state index is 11.0. The SMILES string of the molecule is CC(C)CC(=O)C(C)C.CNc1n[nH]c(NC)n1. The van der Waals surface area contributed by atoms with E-state index in [1.165, 1.54) is 0 Å². The third-order valence-corrected chi connectivity index (χ3v) is 2.20. The number of anilines is 2. The first-order chi connectivity index (χ1) is 8.40. The van der Waals surface area contributed by atoms with Gasteiger partial charge in [-0.05, 0) is 5.92 Å². The Balaban J connectivity index is 0.000000321. The number of H-pyrrole nitrogens is 1. The van der Waals surface area contributed by atoms with Gasteiger partial charge in [0.05, 0.1) is 0 Å². The van der Waals surface area contributed by atoms with Crippen LogP contribution in [0, 0.1) is 11.8 Å². The van der Waals surface area contributed by atoms with Crippen molar-refractivity contribution in [2.24, 2.45) is 11.8 Å². The fraction of sp³-hybridized carbons (Fsp3) is 0.750. The second-order valence-corrected chi connectivity index (χ2v) is 4.73. The van der Waals surface area contributed by atoms with Crippen molar-refractivity contribution in [2.45, 2.75) is 34.1 Å². The highest BCUT2D eigenvalue weighted by Gasteiger charge is 2.07. The fourth-order valence-corrected chi connectivity index (χ4v) is 1.12. The van der Waals surface area contributed by atoms with E-state index in [2.05, 4.69) is 39.7 Å². The number of hydrogen-bond acceptors (Lipinski definition) is 5. The van der Waals surface area contributed by atoms with Crippen molar-refractivity contribution >= 4 is 17.7 Å². The highest BCUT2D eigenvalue weighted by molar-refractivity contribution is 5.80. The molecule has 3 N–H and O–H groups in total. The second kappa shape index (κ2) is 8.49. The number of nitrogens with zero attached hydrogens (tertiary/aromatic N) is 2. The zero-order valence-corrected chi connectivity index (χ0v) is 12.2. The molecule has 1 heterocycles. The number of Topliss-reactive ketones (excluding diaryl/α,β-unsaturated/α-hetero) is 1. The summed E-state index contributed by atoms with van der Waals surface area (Å²) in [4.78, 5) is 14.9. The van der Waals surface area contributed by atoms with E-state index in [0.29, 0.717) is 23.6 Å². The Bertz CT molecular complexity index is 327. The Kier molecular flexibility index (Phi) is 7.74. The lowest BCUT2D eigenvalue weighted by atomic mass is 9.99. The molecule has 1 rings (SSSR count). The fourth-order valence-electron chi connectivity index (χ4n) is 1.12. The quantitative estimate of drug-likeness (QED) is 0.751. The molecule has 0 atom stereocenters. The van der Waals surface area contributed by atoms with E-state index in [-0.39, 0.29) is 5.92 Å². The molecule has 0 aliphatic carbocycles. The van der Waals surface area contributed by atoms with Crippen LogP contribution >= 0.6 is 0 Å². The normalized spacial score (nSPS) is 10.0. The largest absolute Gasteiger partial charge is 0.358 e. The lowest BCUT2D eigenvalue weighted by molar-refractivity contribution is -0.122. The van der Waals surface area contributed by atoms with Gasteiger partial charge >= 0.3 is 0 Å². The van der Waals surface area contributed by atoms with E-state index in [9.17, 15) is 4.79 Å². The van der Waals surface area contributed by atoms with Crippen LogP contribution in [0.3, 0.4) is 0 Å². The van der Waals surface area contributed by atoms with Crippen molar-refractivity contribution < 1.29 is 4.79 Å². The number of hydrogen-bond donors (Lipinski definition) is 3. The molecule has 0 unspecified atom stereocenters. The molecule has 0 fully saturated rings. The van der Waals surface area contributed by atoms with Crippen molar-refractivity contribution in [2.75, 3.05) is 24.7 Å². The number of nitrogens with one attached hydrogen (secondary N) is 3. The molecule has 18 heavy (non-hydrogen) atoms. The van der Waals surface area contributed by atoms with Crippen molar-refractivity contribution in [3.8, 4) is 0 Å². The maximum Gasteiger partial charge on any atom is 0.243 e. The average Bonchev–Trinajstić information content (AvgIpc) is 2.76. The topological polar surface area (TPSA) is 82.7 Å². The molecule has 0 amide bonds. The Hall–Kier alpha value is -1.59. The Labute approximate surface area is 109 Å². The molecule has 0 aromatic carbocycles. The zero-order chi connectivity index (χ0) is 14.1. The van der Waals surface area contributed by atoms with Gasteiger partial charge in [0.25, 0.3) is 0 Å². The van der Waals surface area contributed by atoms with Crippen LogP contribution in [-0.2, 0) is 4.79 Å². The number of rotatable bonds is 5. The first-order valence-electron chi connectivity index (χ1n) is 6.21. The van der Waals surface area contributed by atoms with Crippen LogP contribution in [0.2, 0.25) is 0 Å². The number of ketones is 1. The van der Waals surface area contributed by atoms with Crippen molar-refractivity contribution in [1.29, 1.82) is 0 Å². The second-order valence-electron chi connectivity index (χ2n) is 4.73. The predicted molar refractivity (Wildman–Crippen MR) is 74.8 cm³/mol. The van der Waals surface area contributed by atoms with E-state index < -0.39 is 0 Å². The minimum absolute atomic E-state index is 0.215. The summed E-state index contributed by atoms with van der Waals surface area (Å²) in [6.45, 7) is 8.04. The van der Waals surface area contributed by atoms with Gasteiger partial charge in [-0.2, -0.15) is 4.98 Å². The summed E-state index contributed by atoms with van der Waals surface area (Å²) < 4.78 is 0. The molecule has 0 saturated carbocycles. The molecule has 0 radical (unpaired) electrons. The minimum Gasteiger partial charge on any atom is -0.358 e. The lowest BCUT2D eigenvalue weighted by Gasteiger charge is -2.05. The highest BCUT2D eigenvalue weighted by atomic mass is 16.1. The summed E-state index contributed by atoms with van der Waals surface area (Å²) in [7, 11) is 3.54. The molecule has 0 spiro atoms. The Morgan fingerprint density at radius 2 is 1.83 bits per heavy atom. The summed E-state index contributed by atoms with van der Waals surface area (Å²) in [5.74, 6) is 2.37. The molecule has 6 heteroatoms. The van der Waals surface area contributed by atoms with Crippen LogP contribution < -0.4 is 10.6 Å².